The zero-order chi connectivity index (χ0) is 31.8. The molecule has 7 nitrogen and oxygen atoms in total. The Hall–Kier alpha value is -5.40. The number of rotatable bonds is 7. The predicted molar refractivity (Wildman–Crippen MR) is 187 cm³/mol. The van der Waals surface area contributed by atoms with Crippen molar-refractivity contribution in [3.05, 3.63) is 161 Å². The van der Waals surface area contributed by atoms with E-state index in [1.165, 1.54) is 0 Å². The van der Waals surface area contributed by atoms with Gasteiger partial charge in [0.2, 0.25) is 0 Å². The van der Waals surface area contributed by atoms with E-state index in [-0.39, 0.29) is 12.1 Å². The normalized spacial score (nSPS) is 15.7. The molecule has 2 amide bonds. The van der Waals surface area contributed by atoms with Gasteiger partial charge in [0.25, 0.3) is 0 Å². The molecule has 1 saturated heterocycles. The van der Waals surface area contributed by atoms with Crippen molar-refractivity contribution >= 4 is 28.4 Å². The summed E-state index contributed by atoms with van der Waals surface area (Å²) in [5.74, 6) is 0.929. The Bertz CT molecular complexity index is 1910. The molecule has 0 unspecified atom stereocenters. The van der Waals surface area contributed by atoms with Gasteiger partial charge in [0.15, 0.2) is 5.82 Å². The minimum atomic E-state index is -0.798. The Balaban J connectivity index is 1.39. The summed E-state index contributed by atoms with van der Waals surface area (Å²) in [6, 6.07) is 46.2. The maximum Gasteiger partial charge on any atom is 0.322 e. The van der Waals surface area contributed by atoms with Crippen LogP contribution in [0.5, 0.6) is 0 Å². The Morgan fingerprint density at radius 3 is 1.83 bits per heavy atom. The van der Waals surface area contributed by atoms with Gasteiger partial charge in [-0.2, -0.15) is 5.10 Å². The molecule has 47 heavy (non-hydrogen) atoms. The number of nitrogens with zero attached hydrogens (tertiary/aromatic N) is 4. The van der Waals surface area contributed by atoms with Crippen molar-refractivity contribution in [2.75, 3.05) is 36.5 Å². The number of morpholine rings is 1. The van der Waals surface area contributed by atoms with Crippen molar-refractivity contribution in [2.45, 2.75) is 25.0 Å². The lowest BCUT2D eigenvalue weighted by molar-refractivity contribution is 0.122. The fraction of sp³-hybridized carbons (Fsp3) is 0.200. The molecular weight excluding hydrogens is 582 g/mol. The van der Waals surface area contributed by atoms with Crippen molar-refractivity contribution in [1.82, 2.24) is 14.7 Å². The first-order valence-corrected chi connectivity index (χ1v) is 16.3. The molecule has 5 aromatic carbocycles. The van der Waals surface area contributed by atoms with Gasteiger partial charge in [0, 0.05) is 24.2 Å². The molecule has 0 aliphatic carbocycles. The highest BCUT2D eigenvalue weighted by molar-refractivity contribution is 6.00. The van der Waals surface area contributed by atoms with Gasteiger partial charge in [-0.15, -0.1) is 0 Å². The number of anilines is 2. The van der Waals surface area contributed by atoms with Gasteiger partial charge in [-0.25, -0.2) is 9.48 Å². The van der Waals surface area contributed by atoms with E-state index in [2.05, 4.69) is 137 Å². The minimum Gasteiger partial charge on any atom is -0.378 e. The van der Waals surface area contributed by atoms with E-state index in [1.54, 1.807) is 0 Å². The quantitative estimate of drug-likeness (QED) is 0.185. The van der Waals surface area contributed by atoms with E-state index >= 15 is 0 Å². The van der Waals surface area contributed by atoms with E-state index in [0.29, 0.717) is 19.8 Å². The maximum absolute atomic E-state index is 13.7. The van der Waals surface area contributed by atoms with Crippen LogP contribution in [-0.2, 0) is 16.8 Å². The minimum absolute atomic E-state index is 0.0802. The fourth-order valence-corrected chi connectivity index (χ4v) is 7.27. The summed E-state index contributed by atoms with van der Waals surface area (Å²) in [7, 11) is 0. The molecular formula is C40H37N5O2. The molecule has 6 aromatic rings. The van der Waals surface area contributed by atoms with Gasteiger partial charge in [-0.3, -0.25) is 0 Å². The van der Waals surface area contributed by atoms with E-state index in [0.717, 1.165) is 63.3 Å². The van der Waals surface area contributed by atoms with Gasteiger partial charge >= 0.3 is 6.03 Å². The number of carbonyl (C=O) groups is 1. The fourth-order valence-electron chi connectivity index (χ4n) is 7.27. The number of hydrogen-bond acceptors (Lipinski definition) is 4. The number of fused-ring (bicyclic) bond motifs is 2. The second-order valence-electron chi connectivity index (χ2n) is 12.3. The summed E-state index contributed by atoms with van der Waals surface area (Å²) in [6.07, 6.45) is 0. The molecule has 2 aliphatic heterocycles. The monoisotopic (exact) mass is 619 g/mol. The number of nitrogens with one attached hydrogen (secondary N) is 1. The SMILES string of the molecule is C[C@H](c1ccccc1)N1Cc2cc3c(N4CCOCC4)nn(C(c4ccccc4)(c4ccccc4)c4ccccc4)c3cc2NC1=O. The summed E-state index contributed by atoms with van der Waals surface area (Å²) >= 11 is 0. The molecule has 8 rings (SSSR count). The Morgan fingerprint density at radius 2 is 1.28 bits per heavy atom. The van der Waals surface area contributed by atoms with Crippen LogP contribution in [0.4, 0.5) is 16.3 Å². The first-order valence-electron chi connectivity index (χ1n) is 16.3. The van der Waals surface area contributed by atoms with E-state index in [1.807, 2.05) is 23.1 Å². The van der Waals surface area contributed by atoms with Gasteiger partial charge < -0.3 is 19.9 Å². The summed E-state index contributed by atoms with van der Waals surface area (Å²) in [6.45, 7) is 5.40. The molecule has 0 spiro atoms. The Morgan fingerprint density at radius 1 is 0.745 bits per heavy atom. The average Bonchev–Trinajstić information content (AvgIpc) is 3.51. The van der Waals surface area contributed by atoms with Crippen LogP contribution in [0.1, 0.15) is 40.8 Å². The van der Waals surface area contributed by atoms with Crippen molar-refractivity contribution in [2.24, 2.45) is 0 Å². The van der Waals surface area contributed by atoms with E-state index in [4.69, 9.17) is 9.84 Å². The van der Waals surface area contributed by atoms with E-state index < -0.39 is 5.54 Å². The largest absolute Gasteiger partial charge is 0.378 e. The zero-order valence-electron chi connectivity index (χ0n) is 26.4. The molecule has 1 fully saturated rings. The molecule has 3 heterocycles. The van der Waals surface area contributed by atoms with Crippen molar-refractivity contribution in [1.29, 1.82) is 0 Å². The van der Waals surface area contributed by atoms with Crippen LogP contribution >= 0.6 is 0 Å². The summed E-state index contributed by atoms with van der Waals surface area (Å²) in [5, 5.41) is 9.88. The number of ether oxygens (including phenoxy) is 1. The molecule has 0 saturated carbocycles. The highest BCUT2D eigenvalue weighted by Gasteiger charge is 2.42. The first-order chi connectivity index (χ1) is 23.1. The van der Waals surface area contributed by atoms with Crippen molar-refractivity contribution in [3.63, 3.8) is 0 Å². The Kier molecular flexibility index (Phi) is 7.46. The standard InChI is InChI=1S/C40H37N5O2/c1-29(30-14-6-2-7-15-30)44-28-31-26-35-37(27-36(31)41-39(44)46)45(42-38(35)43-22-24-47-25-23-43)40(32-16-8-3-9-17-32,33-18-10-4-11-19-33)34-20-12-5-13-21-34/h2-21,26-27,29H,22-25,28H2,1H3,(H,41,46)/t29-/m1/s1. The number of hydrogen-bond donors (Lipinski definition) is 1. The number of amides is 2. The second-order valence-corrected chi connectivity index (χ2v) is 12.3. The molecule has 234 valence electrons. The number of benzene rings is 5. The lowest BCUT2D eigenvalue weighted by Crippen LogP contribution is -2.40. The van der Waals surface area contributed by atoms with Crippen LogP contribution in [0.2, 0.25) is 0 Å². The topological polar surface area (TPSA) is 62.6 Å². The van der Waals surface area contributed by atoms with Gasteiger partial charge in [0.1, 0.15) is 5.54 Å². The lowest BCUT2D eigenvalue weighted by atomic mass is 9.77. The van der Waals surface area contributed by atoms with Crippen LogP contribution in [0, 0.1) is 0 Å². The highest BCUT2D eigenvalue weighted by Crippen LogP contribution is 2.45. The van der Waals surface area contributed by atoms with Crippen LogP contribution in [0.3, 0.4) is 0 Å². The van der Waals surface area contributed by atoms with Gasteiger partial charge in [-0.1, -0.05) is 121 Å². The predicted octanol–water partition coefficient (Wildman–Crippen LogP) is 7.82. The van der Waals surface area contributed by atoms with E-state index in [9.17, 15) is 4.79 Å². The second kappa shape index (κ2) is 12.1. The van der Waals surface area contributed by atoms with Crippen LogP contribution in [0.15, 0.2) is 133 Å². The highest BCUT2D eigenvalue weighted by atomic mass is 16.5. The summed E-state index contributed by atoms with van der Waals surface area (Å²) in [4.78, 5) is 17.9. The number of aromatic nitrogens is 2. The maximum atomic E-state index is 13.7. The van der Waals surface area contributed by atoms with Crippen LogP contribution in [0.25, 0.3) is 10.9 Å². The van der Waals surface area contributed by atoms with Crippen molar-refractivity contribution < 1.29 is 9.53 Å². The zero-order valence-corrected chi connectivity index (χ0v) is 26.4. The number of urea groups is 1. The summed E-state index contributed by atoms with van der Waals surface area (Å²) in [5.41, 5.74) is 6.43. The van der Waals surface area contributed by atoms with Crippen LogP contribution in [-0.4, -0.2) is 47.0 Å². The Labute approximate surface area is 275 Å². The lowest BCUT2D eigenvalue weighted by Gasteiger charge is -2.37. The molecule has 2 aliphatic rings. The average molecular weight is 620 g/mol. The smallest absolute Gasteiger partial charge is 0.322 e. The molecule has 0 radical (unpaired) electrons. The third-order valence-corrected chi connectivity index (χ3v) is 9.68. The molecule has 7 heteroatoms. The first kappa shape index (κ1) is 29.0. The molecule has 0 bridgehead atoms. The molecule has 1 atom stereocenters. The van der Waals surface area contributed by atoms with Crippen LogP contribution < -0.4 is 10.2 Å². The summed E-state index contributed by atoms with van der Waals surface area (Å²) < 4.78 is 7.96. The van der Waals surface area contributed by atoms with Gasteiger partial charge in [0.05, 0.1) is 31.3 Å². The van der Waals surface area contributed by atoms with Crippen molar-refractivity contribution in [3.8, 4) is 0 Å². The third kappa shape index (κ3) is 4.95. The third-order valence-electron chi connectivity index (χ3n) is 9.68. The number of carbonyl (C=O) groups excluding carboxylic acids is 1. The molecule has 1 N–H and O–H groups in total. The van der Waals surface area contributed by atoms with Gasteiger partial charge in [-0.05, 0) is 46.9 Å². The molecule has 1 aromatic heterocycles.